The summed E-state index contributed by atoms with van der Waals surface area (Å²) in [7, 11) is 0. The Morgan fingerprint density at radius 2 is 2.05 bits per heavy atom. The third kappa shape index (κ3) is 3.88. The second kappa shape index (κ2) is 6.09. The Balaban J connectivity index is 1.93. The molecule has 4 nitrogen and oxygen atoms in total. The Morgan fingerprint density at radius 1 is 1.32 bits per heavy atom. The number of hydrogen-bond acceptors (Lipinski definition) is 3. The molecule has 19 heavy (non-hydrogen) atoms. The van der Waals surface area contributed by atoms with Gasteiger partial charge in [-0.05, 0) is 31.2 Å². The molecule has 0 bridgehead atoms. The SMILES string of the molecule is Cc1ccc(OCC(Cc2ccco2)C(=O)O)cc1. The van der Waals surface area contributed by atoms with Gasteiger partial charge in [0.15, 0.2) is 0 Å². The number of carboxylic acids is 1. The van der Waals surface area contributed by atoms with Crippen LogP contribution in [-0.4, -0.2) is 17.7 Å². The van der Waals surface area contributed by atoms with Gasteiger partial charge in [0.05, 0.1) is 12.2 Å². The molecule has 1 unspecified atom stereocenters. The highest BCUT2D eigenvalue weighted by Crippen LogP contribution is 2.15. The van der Waals surface area contributed by atoms with Gasteiger partial charge in [0, 0.05) is 6.42 Å². The van der Waals surface area contributed by atoms with Gasteiger partial charge in [0.1, 0.15) is 18.1 Å². The van der Waals surface area contributed by atoms with Crippen LogP contribution in [0.15, 0.2) is 47.1 Å². The van der Waals surface area contributed by atoms with Crippen molar-refractivity contribution in [1.29, 1.82) is 0 Å². The minimum absolute atomic E-state index is 0.124. The van der Waals surface area contributed by atoms with E-state index in [1.54, 1.807) is 12.1 Å². The van der Waals surface area contributed by atoms with Crippen molar-refractivity contribution in [2.24, 2.45) is 5.92 Å². The molecule has 1 atom stereocenters. The van der Waals surface area contributed by atoms with E-state index in [0.717, 1.165) is 5.56 Å². The highest BCUT2D eigenvalue weighted by Gasteiger charge is 2.20. The first-order chi connectivity index (χ1) is 9.15. The molecule has 1 aromatic heterocycles. The van der Waals surface area contributed by atoms with Gasteiger partial charge in [0.25, 0.3) is 0 Å². The molecule has 2 aromatic rings. The van der Waals surface area contributed by atoms with Gasteiger partial charge < -0.3 is 14.3 Å². The van der Waals surface area contributed by atoms with Crippen molar-refractivity contribution in [3.63, 3.8) is 0 Å². The van der Waals surface area contributed by atoms with Crippen molar-refractivity contribution in [3.8, 4) is 5.75 Å². The van der Waals surface area contributed by atoms with E-state index in [1.165, 1.54) is 6.26 Å². The monoisotopic (exact) mass is 260 g/mol. The van der Waals surface area contributed by atoms with E-state index >= 15 is 0 Å². The summed E-state index contributed by atoms with van der Waals surface area (Å²) in [6.07, 6.45) is 1.86. The van der Waals surface area contributed by atoms with E-state index in [9.17, 15) is 9.90 Å². The zero-order valence-electron chi connectivity index (χ0n) is 10.7. The third-order valence-corrected chi connectivity index (χ3v) is 2.85. The van der Waals surface area contributed by atoms with Gasteiger partial charge in [-0.2, -0.15) is 0 Å². The lowest BCUT2D eigenvalue weighted by Crippen LogP contribution is -2.23. The molecule has 1 aromatic carbocycles. The summed E-state index contributed by atoms with van der Waals surface area (Å²) in [5, 5.41) is 9.17. The quantitative estimate of drug-likeness (QED) is 0.867. The van der Waals surface area contributed by atoms with Crippen molar-refractivity contribution >= 4 is 5.97 Å². The molecule has 0 saturated heterocycles. The topological polar surface area (TPSA) is 59.7 Å². The van der Waals surface area contributed by atoms with Crippen LogP contribution < -0.4 is 4.74 Å². The second-order valence-electron chi connectivity index (χ2n) is 4.44. The Bertz CT molecular complexity index is 514. The Morgan fingerprint density at radius 3 is 2.63 bits per heavy atom. The average Bonchev–Trinajstić information content (AvgIpc) is 2.89. The first-order valence-corrected chi connectivity index (χ1v) is 6.10. The van der Waals surface area contributed by atoms with Crippen LogP contribution in [0.5, 0.6) is 5.75 Å². The predicted molar refractivity (Wildman–Crippen MR) is 70.2 cm³/mol. The van der Waals surface area contributed by atoms with Crippen molar-refractivity contribution < 1.29 is 19.1 Å². The predicted octanol–water partition coefficient (Wildman–Crippen LogP) is 2.91. The molecule has 100 valence electrons. The van der Waals surface area contributed by atoms with Crippen LogP contribution in [0.2, 0.25) is 0 Å². The van der Waals surface area contributed by atoms with Crippen LogP contribution in [0, 0.1) is 12.8 Å². The van der Waals surface area contributed by atoms with Crippen LogP contribution >= 0.6 is 0 Å². The molecule has 0 aliphatic heterocycles. The standard InChI is InChI=1S/C15H16O4/c1-11-4-6-13(7-5-11)19-10-12(15(16)17)9-14-3-2-8-18-14/h2-8,12H,9-10H2,1H3,(H,16,17). The van der Waals surface area contributed by atoms with Crippen molar-refractivity contribution in [2.45, 2.75) is 13.3 Å². The van der Waals surface area contributed by atoms with Crippen LogP contribution in [0.25, 0.3) is 0 Å². The lowest BCUT2D eigenvalue weighted by atomic mass is 10.1. The van der Waals surface area contributed by atoms with Crippen LogP contribution in [-0.2, 0) is 11.2 Å². The van der Waals surface area contributed by atoms with E-state index in [1.807, 2.05) is 31.2 Å². The number of hydrogen-bond donors (Lipinski definition) is 1. The minimum Gasteiger partial charge on any atom is -0.493 e. The number of aryl methyl sites for hydroxylation is 1. The van der Waals surface area contributed by atoms with Crippen molar-refractivity contribution in [3.05, 3.63) is 54.0 Å². The minimum atomic E-state index is -0.886. The van der Waals surface area contributed by atoms with E-state index in [-0.39, 0.29) is 6.61 Å². The van der Waals surface area contributed by atoms with Crippen LogP contribution in [0.3, 0.4) is 0 Å². The number of ether oxygens (including phenoxy) is 1. The molecule has 0 radical (unpaired) electrons. The van der Waals surface area contributed by atoms with Gasteiger partial charge in [-0.3, -0.25) is 4.79 Å². The normalized spacial score (nSPS) is 12.1. The molecule has 1 N–H and O–H groups in total. The molecule has 0 saturated carbocycles. The average molecular weight is 260 g/mol. The van der Waals surface area contributed by atoms with Crippen LogP contribution in [0.1, 0.15) is 11.3 Å². The van der Waals surface area contributed by atoms with Crippen molar-refractivity contribution in [2.75, 3.05) is 6.61 Å². The fourth-order valence-electron chi connectivity index (χ4n) is 1.72. The molecule has 0 fully saturated rings. The largest absolute Gasteiger partial charge is 0.493 e. The van der Waals surface area contributed by atoms with Crippen molar-refractivity contribution in [1.82, 2.24) is 0 Å². The molecule has 0 aliphatic carbocycles. The molecule has 4 heteroatoms. The van der Waals surface area contributed by atoms with Crippen LogP contribution in [0.4, 0.5) is 0 Å². The molecule has 0 aliphatic rings. The van der Waals surface area contributed by atoms with E-state index in [0.29, 0.717) is 17.9 Å². The van der Waals surface area contributed by atoms with Gasteiger partial charge >= 0.3 is 5.97 Å². The van der Waals surface area contributed by atoms with Gasteiger partial charge in [0.2, 0.25) is 0 Å². The molecule has 1 heterocycles. The summed E-state index contributed by atoms with van der Waals surface area (Å²) in [6, 6.07) is 11.0. The maximum absolute atomic E-state index is 11.2. The third-order valence-electron chi connectivity index (χ3n) is 2.85. The second-order valence-corrected chi connectivity index (χ2v) is 4.44. The fourth-order valence-corrected chi connectivity index (χ4v) is 1.72. The summed E-state index contributed by atoms with van der Waals surface area (Å²) in [4.78, 5) is 11.2. The molecular weight excluding hydrogens is 244 g/mol. The zero-order valence-corrected chi connectivity index (χ0v) is 10.7. The van der Waals surface area contributed by atoms with E-state index < -0.39 is 11.9 Å². The maximum atomic E-state index is 11.2. The molecule has 2 rings (SSSR count). The summed E-state index contributed by atoms with van der Waals surface area (Å²) >= 11 is 0. The highest BCUT2D eigenvalue weighted by atomic mass is 16.5. The molecule has 0 amide bonds. The fraction of sp³-hybridized carbons (Fsp3) is 0.267. The Labute approximate surface area is 111 Å². The highest BCUT2D eigenvalue weighted by molar-refractivity contribution is 5.70. The number of carboxylic acid groups (broad SMARTS) is 1. The summed E-state index contributed by atoms with van der Waals surface area (Å²) in [5.41, 5.74) is 1.14. The van der Waals surface area contributed by atoms with E-state index in [4.69, 9.17) is 9.15 Å². The summed E-state index contributed by atoms with van der Waals surface area (Å²) in [6.45, 7) is 2.11. The summed E-state index contributed by atoms with van der Waals surface area (Å²) in [5.74, 6) is -0.174. The number of furan rings is 1. The number of benzene rings is 1. The van der Waals surface area contributed by atoms with Gasteiger partial charge in [-0.25, -0.2) is 0 Å². The molecule has 0 spiro atoms. The van der Waals surface area contributed by atoms with Gasteiger partial charge in [-0.15, -0.1) is 0 Å². The Hall–Kier alpha value is -2.23. The summed E-state index contributed by atoms with van der Waals surface area (Å²) < 4.78 is 10.7. The first kappa shape index (κ1) is 13.2. The Kier molecular flexibility index (Phi) is 4.23. The zero-order chi connectivity index (χ0) is 13.7. The lowest BCUT2D eigenvalue weighted by Gasteiger charge is -2.12. The smallest absolute Gasteiger partial charge is 0.310 e. The maximum Gasteiger partial charge on any atom is 0.310 e. The number of carbonyl (C=O) groups is 1. The number of rotatable bonds is 6. The molecular formula is C15H16O4. The lowest BCUT2D eigenvalue weighted by molar-refractivity contribution is -0.142. The van der Waals surface area contributed by atoms with Gasteiger partial charge in [-0.1, -0.05) is 17.7 Å². The first-order valence-electron chi connectivity index (χ1n) is 6.10. The number of aliphatic carboxylic acids is 1. The van der Waals surface area contributed by atoms with E-state index in [2.05, 4.69) is 0 Å².